The van der Waals surface area contributed by atoms with E-state index in [9.17, 15) is 0 Å². The van der Waals surface area contributed by atoms with Crippen LogP contribution >= 0.6 is 0 Å². The third kappa shape index (κ3) is 1.04. The monoisotopic (exact) mass is 161 g/mol. The van der Waals surface area contributed by atoms with Gasteiger partial charge in [-0.2, -0.15) is 0 Å². The zero-order valence-electron chi connectivity index (χ0n) is 8.07. The Morgan fingerprint density at radius 3 is 2.58 bits per heavy atom. The number of aliphatic imine (C=N–C) groups is 1. The van der Waals surface area contributed by atoms with Gasteiger partial charge in [-0.3, -0.25) is 4.99 Å². The molecule has 12 heavy (non-hydrogen) atoms. The molecule has 0 aromatic rings. The highest BCUT2D eigenvalue weighted by Gasteiger charge is 2.21. The van der Waals surface area contributed by atoms with Gasteiger partial charge in [0.25, 0.3) is 0 Å². The van der Waals surface area contributed by atoms with Gasteiger partial charge in [0.15, 0.2) is 0 Å². The predicted molar refractivity (Wildman–Crippen MR) is 52.6 cm³/mol. The average Bonchev–Trinajstić information content (AvgIpc) is 2.31. The van der Waals surface area contributed by atoms with Crippen molar-refractivity contribution in [2.45, 2.75) is 33.6 Å². The molecule has 0 amide bonds. The molecule has 0 fully saturated rings. The van der Waals surface area contributed by atoms with Crippen molar-refractivity contribution >= 4 is 5.71 Å². The van der Waals surface area contributed by atoms with E-state index in [1.54, 1.807) is 16.7 Å². The Morgan fingerprint density at radius 2 is 1.83 bits per heavy atom. The fourth-order valence-electron chi connectivity index (χ4n) is 2.03. The van der Waals surface area contributed by atoms with Gasteiger partial charge in [0.1, 0.15) is 0 Å². The molecule has 2 rings (SSSR count). The largest absolute Gasteiger partial charge is 0.290 e. The van der Waals surface area contributed by atoms with Crippen molar-refractivity contribution < 1.29 is 0 Å². The van der Waals surface area contributed by atoms with Gasteiger partial charge in [-0.25, -0.2) is 0 Å². The van der Waals surface area contributed by atoms with Crippen LogP contribution in [0.1, 0.15) is 33.6 Å². The van der Waals surface area contributed by atoms with Crippen molar-refractivity contribution in [3.8, 4) is 0 Å². The maximum absolute atomic E-state index is 4.47. The molecule has 1 heterocycles. The zero-order valence-corrected chi connectivity index (χ0v) is 8.07. The summed E-state index contributed by atoms with van der Waals surface area (Å²) >= 11 is 0. The minimum absolute atomic E-state index is 0.954. The Bertz CT molecular complexity index is 316. The number of hydrogen-bond donors (Lipinski definition) is 0. The molecule has 0 bridgehead atoms. The SMILES string of the molecule is CC1=NCC2=C(C1)C(C)=C(C)C2. The van der Waals surface area contributed by atoms with Gasteiger partial charge in [-0.15, -0.1) is 0 Å². The highest BCUT2D eigenvalue weighted by Crippen LogP contribution is 2.35. The van der Waals surface area contributed by atoms with Gasteiger partial charge in [-0.05, 0) is 43.9 Å². The minimum Gasteiger partial charge on any atom is -0.290 e. The van der Waals surface area contributed by atoms with E-state index in [-0.39, 0.29) is 0 Å². The first-order valence-electron chi connectivity index (χ1n) is 4.56. The van der Waals surface area contributed by atoms with Crippen LogP contribution in [0, 0.1) is 0 Å². The summed E-state index contributed by atoms with van der Waals surface area (Å²) in [6, 6.07) is 0. The lowest BCUT2D eigenvalue weighted by Gasteiger charge is -2.13. The van der Waals surface area contributed by atoms with E-state index >= 15 is 0 Å². The summed E-state index contributed by atoms with van der Waals surface area (Å²) in [6.45, 7) is 7.57. The van der Waals surface area contributed by atoms with E-state index in [0.29, 0.717) is 0 Å². The lowest BCUT2D eigenvalue weighted by atomic mass is 9.98. The number of nitrogens with zero attached hydrogens (tertiary/aromatic N) is 1. The second kappa shape index (κ2) is 2.58. The molecule has 64 valence electrons. The van der Waals surface area contributed by atoms with Crippen LogP contribution < -0.4 is 0 Å². The number of dihydropyridines is 1. The molecule has 1 aliphatic carbocycles. The van der Waals surface area contributed by atoms with Crippen molar-refractivity contribution in [2.75, 3.05) is 6.54 Å². The van der Waals surface area contributed by atoms with Crippen LogP contribution in [0.4, 0.5) is 0 Å². The van der Waals surface area contributed by atoms with Crippen molar-refractivity contribution in [3.05, 3.63) is 22.3 Å². The van der Waals surface area contributed by atoms with E-state index in [4.69, 9.17) is 0 Å². The highest BCUT2D eigenvalue weighted by atomic mass is 14.7. The first-order valence-corrected chi connectivity index (χ1v) is 4.56. The third-order valence-electron chi connectivity index (χ3n) is 2.97. The first kappa shape index (κ1) is 7.78. The molecule has 1 nitrogen and oxygen atoms in total. The van der Waals surface area contributed by atoms with E-state index in [1.165, 1.54) is 17.7 Å². The van der Waals surface area contributed by atoms with E-state index in [2.05, 4.69) is 25.8 Å². The summed E-state index contributed by atoms with van der Waals surface area (Å²) in [5.41, 5.74) is 7.52. The molecule has 0 saturated carbocycles. The predicted octanol–water partition coefficient (Wildman–Crippen LogP) is 2.89. The lowest BCUT2D eigenvalue weighted by Crippen LogP contribution is -2.05. The van der Waals surface area contributed by atoms with Gasteiger partial charge in [0.05, 0.1) is 6.54 Å². The molecule has 0 aromatic heterocycles. The number of allylic oxidation sites excluding steroid dienone is 3. The molecule has 2 aliphatic rings. The maximum Gasteiger partial charge on any atom is 0.0608 e. The molecule has 0 saturated heterocycles. The summed E-state index contributed by atoms with van der Waals surface area (Å²) in [5, 5.41) is 0. The standard InChI is InChI=1S/C11H15N/c1-7-4-10-6-12-8(2)5-11(10)9(7)3/h4-6H2,1-3H3. The van der Waals surface area contributed by atoms with Crippen LogP contribution in [-0.2, 0) is 0 Å². The summed E-state index contributed by atoms with van der Waals surface area (Å²) in [6.07, 6.45) is 2.27. The molecular weight excluding hydrogens is 146 g/mol. The molecule has 0 atom stereocenters. The Labute approximate surface area is 73.9 Å². The maximum atomic E-state index is 4.47. The minimum atomic E-state index is 0.954. The molecule has 0 radical (unpaired) electrons. The van der Waals surface area contributed by atoms with E-state index < -0.39 is 0 Å². The fourth-order valence-corrected chi connectivity index (χ4v) is 2.03. The van der Waals surface area contributed by atoms with Crippen LogP contribution in [0.2, 0.25) is 0 Å². The normalized spacial score (nSPS) is 23.1. The zero-order chi connectivity index (χ0) is 8.72. The molecule has 1 aliphatic heterocycles. The van der Waals surface area contributed by atoms with Crippen molar-refractivity contribution in [1.29, 1.82) is 0 Å². The summed E-state index contributed by atoms with van der Waals surface area (Å²) in [4.78, 5) is 4.47. The Hall–Kier alpha value is -0.850. The summed E-state index contributed by atoms with van der Waals surface area (Å²) in [5.74, 6) is 0. The lowest BCUT2D eigenvalue weighted by molar-refractivity contribution is 0.992. The van der Waals surface area contributed by atoms with Crippen LogP contribution in [0.25, 0.3) is 0 Å². The van der Waals surface area contributed by atoms with Crippen LogP contribution in [0.3, 0.4) is 0 Å². The molecule has 0 aromatic carbocycles. The van der Waals surface area contributed by atoms with Gasteiger partial charge < -0.3 is 0 Å². The van der Waals surface area contributed by atoms with Crippen molar-refractivity contribution in [2.24, 2.45) is 4.99 Å². The Kier molecular flexibility index (Phi) is 1.67. The fraction of sp³-hybridized carbons (Fsp3) is 0.545. The average molecular weight is 161 g/mol. The van der Waals surface area contributed by atoms with Gasteiger partial charge in [0, 0.05) is 12.1 Å². The van der Waals surface area contributed by atoms with Gasteiger partial charge >= 0.3 is 0 Å². The van der Waals surface area contributed by atoms with E-state index in [1.807, 2.05) is 0 Å². The molecular formula is C11H15N. The Balaban J connectivity index is 2.31. The summed E-state index contributed by atoms with van der Waals surface area (Å²) < 4.78 is 0. The van der Waals surface area contributed by atoms with Crippen molar-refractivity contribution in [1.82, 2.24) is 0 Å². The van der Waals surface area contributed by atoms with Crippen LogP contribution in [0.5, 0.6) is 0 Å². The Morgan fingerprint density at radius 1 is 1.08 bits per heavy atom. The third-order valence-corrected chi connectivity index (χ3v) is 2.97. The van der Waals surface area contributed by atoms with Crippen molar-refractivity contribution in [3.63, 3.8) is 0 Å². The van der Waals surface area contributed by atoms with Crippen LogP contribution in [-0.4, -0.2) is 12.3 Å². The topological polar surface area (TPSA) is 12.4 Å². The van der Waals surface area contributed by atoms with Crippen LogP contribution in [0.15, 0.2) is 27.3 Å². The summed E-state index contributed by atoms with van der Waals surface area (Å²) in [7, 11) is 0. The molecule has 0 unspecified atom stereocenters. The molecule has 1 heteroatoms. The molecule has 0 N–H and O–H groups in total. The van der Waals surface area contributed by atoms with E-state index in [0.717, 1.165) is 13.0 Å². The second-order valence-corrected chi connectivity index (χ2v) is 3.89. The number of rotatable bonds is 0. The quantitative estimate of drug-likeness (QED) is 0.518. The van der Waals surface area contributed by atoms with Gasteiger partial charge in [0.2, 0.25) is 0 Å². The second-order valence-electron chi connectivity index (χ2n) is 3.89. The smallest absolute Gasteiger partial charge is 0.0608 e. The molecule has 0 spiro atoms. The first-order chi connectivity index (χ1) is 5.68. The number of hydrogen-bond acceptors (Lipinski definition) is 1. The van der Waals surface area contributed by atoms with Gasteiger partial charge in [-0.1, -0.05) is 5.57 Å². The highest BCUT2D eigenvalue weighted by molar-refractivity contribution is 5.87.